The molecule has 1 atom stereocenters. The summed E-state index contributed by atoms with van der Waals surface area (Å²) in [6, 6.07) is 3.15. The minimum Gasteiger partial charge on any atom is -0.469 e. The summed E-state index contributed by atoms with van der Waals surface area (Å²) in [5, 5.41) is 2.59. The predicted octanol–water partition coefficient (Wildman–Crippen LogP) is 0.469. The molecule has 2 amide bonds. The van der Waals surface area contributed by atoms with Gasteiger partial charge >= 0.3 is 5.97 Å². The highest BCUT2D eigenvalue weighted by Crippen LogP contribution is 2.35. The average Bonchev–Trinajstić information content (AvgIpc) is 2.88. The molecule has 7 heteroatoms. The zero-order valence-corrected chi connectivity index (χ0v) is 13.5. The molecule has 0 bridgehead atoms. The van der Waals surface area contributed by atoms with Crippen LogP contribution in [0.3, 0.4) is 0 Å². The SMILES string of the molecule is COC(=O)C1CN(C(=O)CNC(=O)c2ccncc2)CC1(C)C. The summed E-state index contributed by atoms with van der Waals surface area (Å²) in [6.07, 6.45) is 3.03. The van der Waals surface area contributed by atoms with E-state index in [1.165, 1.54) is 19.5 Å². The lowest BCUT2D eigenvalue weighted by molar-refractivity contribution is -0.147. The number of amides is 2. The van der Waals surface area contributed by atoms with Crippen molar-refractivity contribution < 1.29 is 19.1 Å². The van der Waals surface area contributed by atoms with Crippen molar-refractivity contribution in [2.24, 2.45) is 11.3 Å². The van der Waals surface area contributed by atoms with Gasteiger partial charge in [-0.15, -0.1) is 0 Å². The molecule has 0 saturated carbocycles. The number of rotatable bonds is 4. The van der Waals surface area contributed by atoms with Crippen molar-refractivity contribution in [2.45, 2.75) is 13.8 Å². The van der Waals surface area contributed by atoms with Gasteiger partial charge in [0.1, 0.15) is 0 Å². The second-order valence-corrected chi connectivity index (χ2v) is 6.26. The zero-order chi connectivity index (χ0) is 17.0. The first-order valence-corrected chi connectivity index (χ1v) is 7.39. The Bertz CT molecular complexity index is 601. The van der Waals surface area contributed by atoms with Crippen molar-refractivity contribution in [1.29, 1.82) is 0 Å². The van der Waals surface area contributed by atoms with E-state index in [1.807, 2.05) is 13.8 Å². The molecule has 0 radical (unpaired) electrons. The maximum absolute atomic E-state index is 12.3. The van der Waals surface area contributed by atoms with Crippen molar-refractivity contribution in [3.05, 3.63) is 30.1 Å². The van der Waals surface area contributed by atoms with Gasteiger partial charge in [-0.3, -0.25) is 19.4 Å². The summed E-state index contributed by atoms with van der Waals surface area (Å²) in [5.41, 5.74) is 0.0969. The largest absolute Gasteiger partial charge is 0.469 e. The van der Waals surface area contributed by atoms with E-state index in [0.717, 1.165) is 0 Å². The molecule has 0 aliphatic carbocycles. The van der Waals surface area contributed by atoms with Crippen LogP contribution in [0.5, 0.6) is 0 Å². The Morgan fingerprint density at radius 3 is 2.61 bits per heavy atom. The van der Waals surface area contributed by atoms with Crippen LogP contribution in [0.1, 0.15) is 24.2 Å². The highest BCUT2D eigenvalue weighted by atomic mass is 16.5. The quantitative estimate of drug-likeness (QED) is 0.815. The zero-order valence-electron chi connectivity index (χ0n) is 13.5. The summed E-state index contributed by atoms with van der Waals surface area (Å²) in [7, 11) is 1.35. The Hall–Kier alpha value is -2.44. The van der Waals surface area contributed by atoms with Crippen molar-refractivity contribution in [1.82, 2.24) is 15.2 Å². The highest BCUT2D eigenvalue weighted by Gasteiger charge is 2.45. The number of carbonyl (C=O) groups is 3. The number of aromatic nitrogens is 1. The smallest absolute Gasteiger partial charge is 0.311 e. The van der Waals surface area contributed by atoms with Gasteiger partial charge in [-0.2, -0.15) is 0 Å². The summed E-state index contributed by atoms with van der Waals surface area (Å²) < 4.78 is 4.80. The summed E-state index contributed by atoms with van der Waals surface area (Å²) in [6.45, 7) is 4.51. The third-order valence-electron chi connectivity index (χ3n) is 4.13. The standard InChI is InChI=1S/C16H21N3O4/c1-16(2)10-19(9-12(16)15(22)23-3)13(20)8-18-14(21)11-4-6-17-7-5-11/h4-7,12H,8-10H2,1-3H3,(H,18,21). The molecule has 1 aliphatic heterocycles. The van der Waals surface area contributed by atoms with Gasteiger partial charge in [0.15, 0.2) is 0 Å². The lowest BCUT2D eigenvalue weighted by Crippen LogP contribution is -2.39. The molecule has 1 aromatic rings. The number of nitrogens with one attached hydrogen (secondary N) is 1. The van der Waals surface area contributed by atoms with Crippen LogP contribution in [0.4, 0.5) is 0 Å². The number of nitrogens with zero attached hydrogens (tertiary/aromatic N) is 2. The maximum Gasteiger partial charge on any atom is 0.311 e. The number of hydrogen-bond acceptors (Lipinski definition) is 5. The van der Waals surface area contributed by atoms with Crippen molar-refractivity contribution >= 4 is 17.8 Å². The molecule has 1 N–H and O–H groups in total. The maximum atomic E-state index is 12.3. The third kappa shape index (κ3) is 3.85. The molecular weight excluding hydrogens is 298 g/mol. The summed E-state index contributed by atoms with van der Waals surface area (Å²) in [4.78, 5) is 41.4. The van der Waals surface area contributed by atoms with Crippen LogP contribution in [0.15, 0.2) is 24.5 Å². The molecule has 1 unspecified atom stereocenters. The van der Waals surface area contributed by atoms with Crippen LogP contribution < -0.4 is 5.32 Å². The van der Waals surface area contributed by atoms with Crippen LogP contribution in [-0.2, 0) is 14.3 Å². The number of esters is 1. The van der Waals surface area contributed by atoms with Gasteiger partial charge in [-0.1, -0.05) is 13.8 Å². The highest BCUT2D eigenvalue weighted by molar-refractivity contribution is 5.96. The van der Waals surface area contributed by atoms with E-state index in [1.54, 1.807) is 17.0 Å². The van der Waals surface area contributed by atoms with Gasteiger partial charge in [-0.05, 0) is 17.5 Å². The molecule has 1 fully saturated rings. The van der Waals surface area contributed by atoms with Gasteiger partial charge < -0.3 is 15.0 Å². The molecule has 1 aromatic heterocycles. The molecule has 124 valence electrons. The predicted molar refractivity (Wildman–Crippen MR) is 82.4 cm³/mol. The molecule has 0 spiro atoms. The second kappa shape index (κ2) is 6.76. The number of pyridine rings is 1. The van der Waals surface area contributed by atoms with Gasteiger partial charge in [0.05, 0.1) is 19.6 Å². The minimum absolute atomic E-state index is 0.106. The first kappa shape index (κ1) is 16.9. The fourth-order valence-corrected chi connectivity index (χ4v) is 2.73. The number of likely N-dealkylation sites (tertiary alicyclic amines) is 1. The van der Waals surface area contributed by atoms with E-state index in [0.29, 0.717) is 18.7 Å². The lowest BCUT2D eigenvalue weighted by Gasteiger charge is -2.22. The number of ether oxygens (including phenoxy) is 1. The average molecular weight is 319 g/mol. The van der Waals surface area contributed by atoms with Gasteiger partial charge in [0, 0.05) is 31.0 Å². The van der Waals surface area contributed by atoms with Crippen molar-refractivity contribution in [3.63, 3.8) is 0 Å². The van der Waals surface area contributed by atoms with E-state index < -0.39 is 0 Å². The fraction of sp³-hybridized carbons (Fsp3) is 0.500. The van der Waals surface area contributed by atoms with Gasteiger partial charge in [0.2, 0.25) is 5.91 Å². The van der Waals surface area contributed by atoms with E-state index in [9.17, 15) is 14.4 Å². The van der Waals surface area contributed by atoms with Crippen molar-refractivity contribution in [2.75, 3.05) is 26.7 Å². The Morgan fingerprint density at radius 2 is 2.00 bits per heavy atom. The molecule has 7 nitrogen and oxygen atoms in total. The number of methoxy groups -OCH3 is 1. The first-order chi connectivity index (χ1) is 10.8. The van der Waals surface area contributed by atoms with Crippen molar-refractivity contribution in [3.8, 4) is 0 Å². The topological polar surface area (TPSA) is 88.6 Å². The monoisotopic (exact) mass is 319 g/mol. The molecule has 23 heavy (non-hydrogen) atoms. The van der Waals surface area contributed by atoms with Crippen LogP contribution >= 0.6 is 0 Å². The molecule has 1 saturated heterocycles. The first-order valence-electron chi connectivity index (χ1n) is 7.39. The van der Waals surface area contributed by atoms with Crippen LogP contribution in [-0.4, -0.2) is 54.4 Å². The molecule has 1 aliphatic rings. The Labute approximate surface area is 135 Å². The molecule has 0 aromatic carbocycles. The fourth-order valence-electron chi connectivity index (χ4n) is 2.73. The van der Waals surface area contributed by atoms with E-state index in [-0.39, 0.29) is 35.7 Å². The Balaban J connectivity index is 1.92. The van der Waals surface area contributed by atoms with Gasteiger partial charge in [0.25, 0.3) is 5.91 Å². The lowest BCUT2D eigenvalue weighted by atomic mass is 9.82. The van der Waals surface area contributed by atoms with E-state index in [4.69, 9.17) is 4.74 Å². The van der Waals surface area contributed by atoms with Gasteiger partial charge in [-0.25, -0.2) is 0 Å². The Kier molecular flexibility index (Phi) is 4.98. The van der Waals surface area contributed by atoms with E-state index >= 15 is 0 Å². The summed E-state index contributed by atoms with van der Waals surface area (Å²) >= 11 is 0. The summed E-state index contributed by atoms with van der Waals surface area (Å²) in [5.74, 6) is -1.21. The Morgan fingerprint density at radius 1 is 1.35 bits per heavy atom. The molecule has 2 heterocycles. The van der Waals surface area contributed by atoms with E-state index in [2.05, 4.69) is 10.3 Å². The minimum atomic E-state index is -0.354. The normalized spacial score (nSPS) is 19.3. The van der Waals surface area contributed by atoms with Crippen LogP contribution in [0.25, 0.3) is 0 Å². The number of hydrogen-bond donors (Lipinski definition) is 1. The van der Waals surface area contributed by atoms with Crippen LogP contribution in [0, 0.1) is 11.3 Å². The third-order valence-corrected chi connectivity index (χ3v) is 4.13. The van der Waals surface area contributed by atoms with Crippen LogP contribution in [0.2, 0.25) is 0 Å². The molecular formula is C16H21N3O4. The number of carbonyl (C=O) groups excluding carboxylic acids is 3. The molecule has 2 rings (SSSR count). The second-order valence-electron chi connectivity index (χ2n) is 6.26.